The Hall–Kier alpha value is -1.72. The average molecular weight is 218 g/mol. The van der Waals surface area contributed by atoms with Crippen LogP contribution in [0.1, 0.15) is 22.8 Å². The second kappa shape index (κ2) is 3.45. The first-order chi connectivity index (χ1) is 6.75. The van der Waals surface area contributed by atoms with Crippen LogP contribution in [0, 0.1) is 0 Å². The molecule has 1 aromatic carbocycles. The Morgan fingerprint density at radius 2 is 1.80 bits per heavy atom. The van der Waals surface area contributed by atoms with Gasteiger partial charge in [-0.25, -0.2) is 0 Å². The van der Waals surface area contributed by atoms with Gasteiger partial charge in [0.1, 0.15) is 0 Å². The first kappa shape index (κ1) is 11.4. The lowest BCUT2D eigenvalue weighted by Gasteiger charge is -2.14. The molecule has 0 fully saturated rings. The number of carbonyl (C=O) groups is 1. The van der Waals surface area contributed by atoms with Crippen LogP contribution in [-0.4, -0.2) is 5.78 Å². The van der Waals surface area contributed by atoms with Gasteiger partial charge in [-0.2, -0.15) is 13.2 Å². The SMILES string of the molecule is CC(=O)c1ccc(N)c(N)c1C(F)(F)F. The van der Waals surface area contributed by atoms with Gasteiger partial charge >= 0.3 is 6.18 Å². The standard InChI is InChI=1S/C9H9F3N2O/c1-4(15)5-2-3-6(13)8(14)7(5)9(10,11)12/h2-3H,13-14H2,1H3. The Morgan fingerprint density at radius 3 is 2.20 bits per heavy atom. The van der Waals surface area contributed by atoms with Crippen molar-refractivity contribution in [1.29, 1.82) is 0 Å². The van der Waals surface area contributed by atoms with Crippen molar-refractivity contribution in [2.75, 3.05) is 11.5 Å². The molecule has 0 spiro atoms. The highest BCUT2D eigenvalue weighted by Crippen LogP contribution is 2.38. The van der Waals surface area contributed by atoms with E-state index in [0.717, 1.165) is 13.0 Å². The van der Waals surface area contributed by atoms with Crippen LogP contribution in [0.15, 0.2) is 12.1 Å². The monoisotopic (exact) mass is 218 g/mol. The van der Waals surface area contributed by atoms with Crippen molar-refractivity contribution in [2.24, 2.45) is 0 Å². The molecule has 3 nitrogen and oxygen atoms in total. The number of carbonyl (C=O) groups excluding carboxylic acids is 1. The summed E-state index contributed by atoms with van der Waals surface area (Å²) < 4.78 is 37.7. The third-order valence-corrected chi connectivity index (χ3v) is 1.94. The molecule has 0 saturated carbocycles. The molecule has 0 aliphatic heterocycles. The van der Waals surface area contributed by atoms with E-state index in [4.69, 9.17) is 11.5 Å². The molecule has 1 rings (SSSR count). The van der Waals surface area contributed by atoms with E-state index < -0.39 is 28.8 Å². The maximum atomic E-state index is 12.6. The Bertz CT molecular complexity index is 413. The summed E-state index contributed by atoms with van der Waals surface area (Å²) in [6.07, 6.45) is -4.68. The number of nitrogens with two attached hydrogens (primary N) is 2. The van der Waals surface area contributed by atoms with Crippen molar-refractivity contribution in [3.8, 4) is 0 Å². The number of anilines is 2. The highest BCUT2D eigenvalue weighted by molar-refractivity contribution is 5.98. The maximum absolute atomic E-state index is 12.6. The lowest BCUT2D eigenvalue weighted by molar-refractivity contribution is -0.137. The van der Waals surface area contributed by atoms with Gasteiger partial charge in [-0.05, 0) is 19.1 Å². The van der Waals surface area contributed by atoms with E-state index in [1.54, 1.807) is 0 Å². The molecule has 82 valence electrons. The summed E-state index contributed by atoms with van der Waals surface area (Å²) in [5.41, 5.74) is 8.05. The first-order valence-corrected chi connectivity index (χ1v) is 4.01. The fourth-order valence-electron chi connectivity index (χ4n) is 1.23. The van der Waals surface area contributed by atoms with Gasteiger partial charge in [-0.3, -0.25) is 4.79 Å². The molecule has 4 N–H and O–H groups in total. The Labute approximate surface area is 83.9 Å². The molecule has 0 radical (unpaired) electrons. The van der Waals surface area contributed by atoms with Gasteiger partial charge in [0.15, 0.2) is 5.78 Å². The van der Waals surface area contributed by atoms with Gasteiger partial charge in [0.2, 0.25) is 0 Å². The molecule has 15 heavy (non-hydrogen) atoms. The van der Waals surface area contributed by atoms with Crippen LogP contribution >= 0.6 is 0 Å². The number of halogens is 3. The molecule has 0 unspecified atom stereocenters. The van der Waals surface area contributed by atoms with Crippen LogP contribution < -0.4 is 11.5 Å². The Morgan fingerprint density at radius 1 is 1.27 bits per heavy atom. The lowest BCUT2D eigenvalue weighted by atomic mass is 10.0. The number of alkyl halides is 3. The summed E-state index contributed by atoms with van der Waals surface area (Å²) in [5, 5.41) is 0. The zero-order chi connectivity index (χ0) is 11.8. The first-order valence-electron chi connectivity index (χ1n) is 4.01. The third-order valence-electron chi connectivity index (χ3n) is 1.94. The van der Waals surface area contributed by atoms with E-state index in [1.807, 2.05) is 0 Å². The zero-order valence-corrected chi connectivity index (χ0v) is 7.85. The van der Waals surface area contributed by atoms with Gasteiger partial charge in [0.05, 0.1) is 16.9 Å². The number of ketones is 1. The van der Waals surface area contributed by atoms with E-state index in [2.05, 4.69) is 0 Å². The number of rotatable bonds is 1. The molecule has 0 heterocycles. The average Bonchev–Trinajstić information content (AvgIpc) is 2.06. The number of nitrogen functional groups attached to an aromatic ring is 2. The van der Waals surface area contributed by atoms with Crippen molar-refractivity contribution < 1.29 is 18.0 Å². The molecule has 0 saturated heterocycles. The predicted octanol–water partition coefficient (Wildman–Crippen LogP) is 2.07. The molecular formula is C9H9F3N2O. The number of Topliss-reactive ketones (excluding diaryl/α,β-unsaturated/α-hetero) is 1. The molecule has 0 aliphatic carbocycles. The van der Waals surface area contributed by atoms with E-state index >= 15 is 0 Å². The van der Waals surface area contributed by atoms with Crippen LogP contribution in [0.4, 0.5) is 24.5 Å². The van der Waals surface area contributed by atoms with Crippen LogP contribution in [0.5, 0.6) is 0 Å². The molecule has 0 aliphatic rings. The van der Waals surface area contributed by atoms with Crippen molar-refractivity contribution in [3.05, 3.63) is 23.3 Å². The van der Waals surface area contributed by atoms with Crippen molar-refractivity contribution in [3.63, 3.8) is 0 Å². The number of hydrogen-bond donors (Lipinski definition) is 2. The minimum Gasteiger partial charge on any atom is -0.397 e. The fraction of sp³-hybridized carbons (Fsp3) is 0.222. The summed E-state index contributed by atoms with van der Waals surface area (Å²) in [4.78, 5) is 11.0. The highest BCUT2D eigenvalue weighted by Gasteiger charge is 2.37. The van der Waals surface area contributed by atoms with Gasteiger partial charge in [0, 0.05) is 5.56 Å². The van der Waals surface area contributed by atoms with Crippen LogP contribution in [0.3, 0.4) is 0 Å². The van der Waals surface area contributed by atoms with Crippen molar-refractivity contribution >= 4 is 17.2 Å². The van der Waals surface area contributed by atoms with E-state index in [1.165, 1.54) is 6.07 Å². The summed E-state index contributed by atoms with van der Waals surface area (Å²) in [5.74, 6) is -0.700. The van der Waals surface area contributed by atoms with Crippen LogP contribution in [0.25, 0.3) is 0 Å². The largest absolute Gasteiger partial charge is 0.419 e. The Balaban J connectivity index is 3.57. The van der Waals surface area contributed by atoms with Crippen molar-refractivity contribution in [2.45, 2.75) is 13.1 Å². The molecule has 0 atom stereocenters. The summed E-state index contributed by atoms with van der Waals surface area (Å²) in [6, 6.07) is 2.21. The molecule has 1 aromatic rings. The van der Waals surface area contributed by atoms with Gasteiger partial charge in [-0.1, -0.05) is 0 Å². The van der Waals surface area contributed by atoms with Gasteiger partial charge in [-0.15, -0.1) is 0 Å². The van der Waals surface area contributed by atoms with Gasteiger partial charge < -0.3 is 11.5 Å². The third kappa shape index (κ3) is 2.03. The minimum atomic E-state index is -4.68. The fourth-order valence-corrected chi connectivity index (χ4v) is 1.23. The smallest absolute Gasteiger partial charge is 0.397 e. The second-order valence-corrected chi connectivity index (χ2v) is 3.04. The molecular weight excluding hydrogens is 209 g/mol. The lowest BCUT2D eigenvalue weighted by Crippen LogP contribution is -2.16. The van der Waals surface area contributed by atoms with Crippen molar-refractivity contribution in [1.82, 2.24) is 0 Å². The number of benzene rings is 1. The Kier molecular flexibility index (Phi) is 2.61. The highest BCUT2D eigenvalue weighted by atomic mass is 19.4. The van der Waals surface area contributed by atoms with E-state index in [0.29, 0.717) is 0 Å². The zero-order valence-electron chi connectivity index (χ0n) is 7.85. The quantitative estimate of drug-likeness (QED) is 0.560. The van der Waals surface area contributed by atoms with E-state index in [-0.39, 0.29) is 5.69 Å². The van der Waals surface area contributed by atoms with Crippen LogP contribution in [-0.2, 0) is 6.18 Å². The summed E-state index contributed by atoms with van der Waals surface area (Å²) in [6.45, 7) is 1.04. The second-order valence-electron chi connectivity index (χ2n) is 3.04. The summed E-state index contributed by atoms with van der Waals surface area (Å²) >= 11 is 0. The predicted molar refractivity (Wildman–Crippen MR) is 50.3 cm³/mol. The molecule has 0 amide bonds. The van der Waals surface area contributed by atoms with Crippen LogP contribution in [0.2, 0.25) is 0 Å². The minimum absolute atomic E-state index is 0.188. The van der Waals surface area contributed by atoms with E-state index in [9.17, 15) is 18.0 Å². The molecule has 6 heteroatoms. The maximum Gasteiger partial charge on any atom is 0.419 e. The summed E-state index contributed by atoms with van der Waals surface area (Å²) in [7, 11) is 0. The number of hydrogen-bond acceptors (Lipinski definition) is 3. The molecule has 0 aromatic heterocycles. The molecule has 0 bridgehead atoms. The normalized spacial score (nSPS) is 11.5. The topological polar surface area (TPSA) is 69.1 Å². The van der Waals surface area contributed by atoms with Gasteiger partial charge in [0.25, 0.3) is 0 Å².